The van der Waals surface area contributed by atoms with Crippen LogP contribution in [0.25, 0.3) is 0 Å². The third kappa shape index (κ3) is 9.62. The van der Waals surface area contributed by atoms with Gasteiger partial charge in [0.25, 0.3) is 0 Å². The zero-order valence-corrected chi connectivity index (χ0v) is 15.3. The minimum atomic E-state index is 0. The van der Waals surface area contributed by atoms with Crippen molar-refractivity contribution in [2.75, 3.05) is 26.3 Å². The largest absolute Gasteiger partial charge is 0.382 e. The van der Waals surface area contributed by atoms with Crippen molar-refractivity contribution in [1.82, 2.24) is 20.8 Å². The van der Waals surface area contributed by atoms with E-state index in [2.05, 4.69) is 25.8 Å². The van der Waals surface area contributed by atoms with Crippen LogP contribution in [0.5, 0.6) is 0 Å². The average Bonchev–Trinajstić information content (AvgIpc) is 2.85. The number of aromatic nitrogens is 2. The summed E-state index contributed by atoms with van der Waals surface area (Å²) < 4.78 is 10.3. The maximum atomic E-state index is 5.29. The van der Waals surface area contributed by atoms with E-state index in [9.17, 15) is 0 Å². The first-order valence-corrected chi connectivity index (χ1v) is 7.15. The van der Waals surface area contributed by atoms with Gasteiger partial charge in [-0.1, -0.05) is 5.16 Å². The van der Waals surface area contributed by atoms with Gasteiger partial charge in [0.2, 0.25) is 5.89 Å². The normalized spacial score (nSPS) is 11.1. The van der Waals surface area contributed by atoms with Gasteiger partial charge in [-0.3, -0.25) is 0 Å². The highest BCUT2D eigenvalue weighted by molar-refractivity contribution is 14.0. The van der Waals surface area contributed by atoms with Crippen molar-refractivity contribution in [2.45, 2.75) is 40.2 Å². The fraction of sp³-hybridized carbons (Fsp3) is 0.769. The molecule has 0 amide bonds. The number of hydrogen-bond donors (Lipinski definition) is 2. The molecular weight excluding hydrogens is 385 g/mol. The van der Waals surface area contributed by atoms with Crippen molar-refractivity contribution < 1.29 is 9.26 Å². The summed E-state index contributed by atoms with van der Waals surface area (Å²) >= 11 is 0. The third-order valence-electron chi connectivity index (χ3n) is 2.50. The van der Waals surface area contributed by atoms with E-state index in [0.29, 0.717) is 18.3 Å². The minimum Gasteiger partial charge on any atom is -0.382 e. The molecule has 0 aliphatic carbocycles. The topological polar surface area (TPSA) is 84.6 Å². The molecule has 0 fully saturated rings. The fourth-order valence-electron chi connectivity index (χ4n) is 1.57. The molecule has 7 nitrogen and oxygen atoms in total. The first kappa shape index (κ1) is 20.1. The van der Waals surface area contributed by atoms with Crippen LogP contribution in [0.3, 0.4) is 0 Å². The molecule has 122 valence electrons. The van der Waals surface area contributed by atoms with Crippen molar-refractivity contribution in [2.24, 2.45) is 4.99 Å². The summed E-state index contributed by atoms with van der Waals surface area (Å²) in [4.78, 5) is 8.51. The molecule has 1 rings (SSSR count). The lowest BCUT2D eigenvalue weighted by atomic mass is 10.3. The Balaban J connectivity index is 0.00000400. The van der Waals surface area contributed by atoms with Gasteiger partial charge in [0, 0.05) is 26.3 Å². The summed E-state index contributed by atoms with van der Waals surface area (Å²) in [5, 5.41) is 10.2. The van der Waals surface area contributed by atoms with Crippen LogP contribution in [-0.2, 0) is 11.3 Å². The lowest BCUT2D eigenvalue weighted by Crippen LogP contribution is -2.37. The number of ether oxygens (including phenoxy) is 1. The standard InChI is InChI=1S/C13H25N5O2.HI/c1-4-14-13(15-8-6-7-9-19-5-2)16-10-12-17-11(3)18-20-12;/h4-10H2,1-3H3,(H2,14,15,16);1H. The zero-order valence-electron chi connectivity index (χ0n) is 13.0. The van der Waals surface area contributed by atoms with Gasteiger partial charge in [-0.15, -0.1) is 24.0 Å². The average molecular weight is 411 g/mol. The van der Waals surface area contributed by atoms with Gasteiger partial charge in [0.15, 0.2) is 11.8 Å². The summed E-state index contributed by atoms with van der Waals surface area (Å²) in [7, 11) is 0. The highest BCUT2D eigenvalue weighted by Gasteiger charge is 2.02. The summed E-state index contributed by atoms with van der Waals surface area (Å²) in [5.41, 5.74) is 0. The van der Waals surface area contributed by atoms with E-state index in [1.807, 2.05) is 13.8 Å². The number of rotatable bonds is 9. The Morgan fingerprint density at radius 2 is 2.10 bits per heavy atom. The SMILES string of the molecule is CCNC(=NCc1nc(C)no1)NCCCCOCC.I. The molecule has 0 unspecified atom stereocenters. The second-order valence-corrected chi connectivity index (χ2v) is 4.26. The van der Waals surface area contributed by atoms with Gasteiger partial charge in [0.05, 0.1) is 0 Å². The molecule has 0 spiro atoms. The van der Waals surface area contributed by atoms with Crippen molar-refractivity contribution in [3.8, 4) is 0 Å². The second kappa shape index (κ2) is 12.8. The Morgan fingerprint density at radius 1 is 1.29 bits per heavy atom. The van der Waals surface area contributed by atoms with Crippen molar-refractivity contribution in [3.63, 3.8) is 0 Å². The molecule has 0 aromatic carbocycles. The summed E-state index contributed by atoms with van der Waals surface area (Å²) in [6, 6.07) is 0. The van der Waals surface area contributed by atoms with Gasteiger partial charge in [-0.2, -0.15) is 4.98 Å². The molecule has 0 aliphatic heterocycles. The Hall–Kier alpha value is -0.900. The third-order valence-corrected chi connectivity index (χ3v) is 2.50. The van der Waals surface area contributed by atoms with Crippen molar-refractivity contribution >= 4 is 29.9 Å². The van der Waals surface area contributed by atoms with Gasteiger partial charge in [0.1, 0.15) is 6.54 Å². The molecule has 0 bridgehead atoms. The summed E-state index contributed by atoms with van der Waals surface area (Å²) in [6.45, 7) is 9.48. The summed E-state index contributed by atoms with van der Waals surface area (Å²) in [6.07, 6.45) is 2.09. The minimum absolute atomic E-state index is 0. The maximum absolute atomic E-state index is 5.29. The zero-order chi connectivity index (χ0) is 14.6. The molecular formula is C13H26IN5O2. The highest BCUT2D eigenvalue weighted by Crippen LogP contribution is 1.97. The van der Waals surface area contributed by atoms with Crippen LogP contribution >= 0.6 is 24.0 Å². The molecule has 1 aromatic rings. The number of halogens is 1. The van der Waals surface area contributed by atoms with Crippen LogP contribution in [0.4, 0.5) is 0 Å². The lowest BCUT2D eigenvalue weighted by molar-refractivity contribution is 0.143. The molecule has 21 heavy (non-hydrogen) atoms. The Bertz CT molecular complexity index is 398. The lowest BCUT2D eigenvalue weighted by Gasteiger charge is -2.10. The Morgan fingerprint density at radius 3 is 2.71 bits per heavy atom. The molecule has 0 saturated carbocycles. The monoisotopic (exact) mass is 411 g/mol. The van der Waals surface area contributed by atoms with Gasteiger partial charge < -0.3 is 19.9 Å². The maximum Gasteiger partial charge on any atom is 0.248 e. The first-order chi connectivity index (χ1) is 9.76. The van der Waals surface area contributed by atoms with Gasteiger partial charge >= 0.3 is 0 Å². The second-order valence-electron chi connectivity index (χ2n) is 4.26. The number of unbranched alkanes of at least 4 members (excludes halogenated alkanes) is 1. The van der Waals surface area contributed by atoms with Crippen LogP contribution in [-0.4, -0.2) is 42.4 Å². The van der Waals surface area contributed by atoms with E-state index in [-0.39, 0.29) is 24.0 Å². The molecule has 0 saturated heterocycles. The fourth-order valence-corrected chi connectivity index (χ4v) is 1.57. The molecule has 8 heteroatoms. The molecule has 0 radical (unpaired) electrons. The van der Waals surface area contributed by atoms with E-state index < -0.39 is 0 Å². The Labute approximate surface area is 143 Å². The molecule has 0 atom stereocenters. The first-order valence-electron chi connectivity index (χ1n) is 7.15. The predicted octanol–water partition coefficient (Wildman–Crippen LogP) is 1.87. The highest BCUT2D eigenvalue weighted by atomic mass is 127. The molecule has 1 aromatic heterocycles. The van der Waals surface area contributed by atoms with Gasteiger partial charge in [-0.05, 0) is 33.6 Å². The predicted molar refractivity (Wildman–Crippen MR) is 93.0 cm³/mol. The van der Waals surface area contributed by atoms with Crippen LogP contribution in [0.1, 0.15) is 38.4 Å². The number of guanidine groups is 1. The molecule has 0 aliphatic rings. The van der Waals surface area contributed by atoms with Crippen LogP contribution < -0.4 is 10.6 Å². The van der Waals surface area contributed by atoms with Crippen LogP contribution in [0, 0.1) is 6.92 Å². The van der Waals surface area contributed by atoms with Gasteiger partial charge in [-0.25, -0.2) is 4.99 Å². The number of aryl methyl sites for hydroxylation is 1. The number of hydrogen-bond acceptors (Lipinski definition) is 5. The summed E-state index contributed by atoms with van der Waals surface area (Å²) in [5.74, 6) is 1.92. The van der Waals surface area contributed by atoms with Crippen molar-refractivity contribution in [1.29, 1.82) is 0 Å². The molecule has 2 N–H and O–H groups in total. The quantitative estimate of drug-likeness (QED) is 0.279. The number of nitrogens with zero attached hydrogens (tertiary/aromatic N) is 3. The number of aliphatic imine (C=N–C) groups is 1. The van der Waals surface area contributed by atoms with E-state index >= 15 is 0 Å². The molecule has 1 heterocycles. The Kier molecular flexibility index (Phi) is 12.3. The van der Waals surface area contributed by atoms with E-state index in [1.165, 1.54) is 0 Å². The smallest absolute Gasteiger partial charge is 0.248 e. The van der Waals surface area contributed by atoms with E-state index in [4.69, 9.17) is 9.26 Å². The van der Waals surface area contributed by atoms with E-state index in [0.717, 1.165) is 45.1 Å². The van der Waals surface area contributed by atoms with E-state index in [1.54, 1.807) is 6.92 Å². The van der Waals surface area contributed by atoms with Crippen LogP contribution in [0.15, 0.2) is 9.52 Å². The van der Waals surface area contributed by atoms with Crippen LogP contribution in [0.2, 0.25) is 0 Å². The van der Waals surface area contributed by atoms with Crippen molar-refractivity contribution in [3.05, 3.63) is 11.7 Å². The number of nitrogens with one attached hydrogen (secondary N) is 2.